The summed E-state index contributed by atoms with van der Waals surface area (Å²) < 4.78 is 0. The van der Waals surface area contributed by atoms with Crippen LogP contribution in [0.3, 0.4) is 0 Å². The Hall–Kier alpha value is -1.55. The lowest BCUT2D eigenvalue weighted by Crippen LogP contribution is -3.06. The predicted octanol–water partition coefficient (Wildman–Crippen LogP) is 2.61. The van der Waals surface area contributed by atoms with Crippen molar-refractivity contribution in [2.24, 2.45) is 0 Å². The summed E-state index contributed by atoms with van der Waals surface area (Å²) in [5.41, 5.74) is 1.58. The summed E-state index contributed by atoms with van der Waals surface area (Å²) in [4.78, 5) is 13.7. The molecule has 2 rings (SSSR count). The lowest BCUT2D eigenvalue weighted by Gasteiger charge is -2.21. The first-order valence-corrected chi connectivity index (χ1v) is 7.83. The van der Waals surface area contributed by atoms with E-state index in [1.54, 1.807) is 18.2 Å². The topological polar surface area (TPSA) is 33.5 Å². The SMILES string of the molecule is C[NH+](C)C[C@H](NC(=O)c1ccc(Cl)c(Cl)c1)c1ccccc1. The van der Waals surface area contributed by atoms with Crippen LogP contribution in [0.1, 0.15) is 22.0 Å². The molecule has 0 bridgehead atoms. The molecule has 0 aromatic heterocycles. The summed E-state index contributed by atoms with van der Waals surface area (Å²) in [6, 6.07) is 14.8. The standard InChI is InChI=1S/C17H18Cl2N2O/c1-21(2)11-16(12-6-4-3-5-7-12)20-17(22)13-8-9-14(18)15(19)10-13/h3-10,16H,11H2,1-2H3,(H,20,22)/p+1/t16-/m0/s1. The zero-order valence-electron chi connectivity index (χ0n) is 12.6. The first-order valence-electron chi connectivity index (χ1n) is 7.07. The average molecular weight is 338 g/mol. The molecule has 116 valence electrons. The maximum absolute atomic E-state index is 12.5. The Balaban J connectivity index is 2.19. The monoisotopic (exact) mass is 337 g/mol. The molecule has 2 N–H and O–H groups in total. The van der Waals surface area contributed by atoms with Crippen LogP contribution in [0, 0.1) is 0 Å². The van der Waals surface area contributed by atoms with Crippen LogP contribution < -0.4 is 10.2 Å². The van der Waals surface area contributed by atoms with E-state index in [1.165, 1.54) is 4.90 Å². The lowest BCUT2D eigenvalue weighted by molar-refractivity contribution is -0.860. The third-order valence-electron chi connectivity index (χ3n) is 3.30. The maximum atomic E-state index is 12.5. The van der Waals surface area contributed by atoms with Gasteiger partial charge >= 0.3 is 0 Å². The van der Waals surface area contributed by atoms with E-state index in [4.69, 9.17) is 23.2 Å². The number of likely N-dealkylation sites (N-methyl/N-ethyl adjacent to an activating group) is 1. The van der Waals surface area contributed by atoms with Crippen molar-refractivity contribution in [2.45, 2.75) is 6.04 Å². The van der Waals surface area contributed by atoms with Gasteiger partial charge in [-0.05, 0) is 23.8 Å². The predicted molar refractivity (Wildman–Crippen MR) is 90.8 cm³/mol. The fraction of sp³-hybridized carbons (Fsp3) is 0.235. The maximum Gasteiger partial charge on any atom is 0.252 e. The van der Waals surface area contributed by atoms with E-state index in [0.717, 1.165) is 12.1 Å². The second-order valence-corrected chi connectivity index (χ2v) is 6.29. The first-order chi connectivity index (χ1) is 10.5. The smallest absolute Gasteiger partial charge is 0.252 e. The molecule has 0 saturated heterocycles. The quantitative estimate of drug-likeness (QED) is 0.863. The van der Waals surface area contributed by atoms with Crippen LogP contribution in [-0.4, -0.2) is 26.5 Å². The minimum absolute atomic E-state index is 0.0619. The van der Waals surface area contributed by atoms with Crippen LogP contribution >= 0.6 is 23.2 Å². The molecule has 1 atom stereocenters. The molecule has 1 amide bonds. The van der Waals surface area contributed by atoms with Crippen molar-refractivity contribution in [3.63, 3.8) is 0 Å². The second-order valence-electron chi connectivity index (χ2n) is 5.48. The molecule has 22 heavy (non-hydrogen) atoms. The van der Waals surface area contributed by atoms with Gasteiger partial charge in [-0.1, -0.05) is 53.5 Å². The number of hydrogen-bond acceptors (Lipinski definition) is 1. The Kier molecular flexibility index (Phi) is 5.83. The van der Waals surface area contributed by atoms with E-state index in [0.29, 0.717) is 15.6 Å². The summed E-state index contributed by atoms with van der Waals surface area (Å²) in [6.45, 7) is 0.789. The van der Waals surface area contributed by atoms with Crippen LogP contribution in [0.5, 0.6) is 0 Å². The van der Waals surface area contributed by atoms with Crippen molar-refractivity contribution in [1.29, 1.82) is 0 Å². The Morgan fingerprint density at radius 3 is 2.36 bits per heavy atom. The van der Waals surface area contributed by atoms with Gasteiger partial charge in [0.1, 0.15) is 12.6 Å². The van der Waals surface area contributed by atoms with E-state index in [2.05, 4.69) is 19.4 Å². The van der Waals surface area contributed by atoms with E-state index in [9.17, 15) is 4.79 Å². The van der Waals surface area contributed by atoms with Gasteiger partial charge < -0.3 is 10.2 Å². The molecule has 5 heteroatoms. The van der Waals surface area contributed by atoms with Crippen LogP contribution in [0.25, 0.3) is 0 Å². The second kappa shape index (κ2) is 7.63. The molecule has 3 nitrogen and oxygen atoms in total. The van der Waals surface area contributed by atoms with Crippen molar-refractivity contribution in [3.8, 4) is 0 Å². The minimum Gasteiger partial charge on any atom is -0.340 e. The number of nitrogens with one attached hydrogen (secondary N) is 2. The van der Waals surface area contributed by atoms with Gasteiger partial charge in [-0.25, -0.2) is 0 Å². The molecule has 0 saturated carbocycles. The third kappa shape index (κ3) is 4.47. The highest BCUT2D eigenvalue weighted by atomic mass is 35.5. The zero-order valence-corrected chi connectivity index (χ0v) is 14.1. The van der Waals surface area contributed by atoms with E-state index >= 15 is 0 Å². The summed E-state index contributed by atoms with van der Waals surface area (Å²) in [6.07, 6.45) is 0. The molecule has 0 aliphatic heterocycles. The lowest BCUT2D eigenvalue weighted by atomic mass is 10.1. The van der Waals surface area contributed by atoms with Crippen LogP contribution in [0.15, 0.2) is 48.5 Å². The number of hydrogen-bond donors (Lipinski definition) is 2. The molecule has 0 aliphatic rings. The summed E-state index contributed by atoms with van der Waals surface area (Å²) in [5.74, 6) is -0.159. The van der Waals surface area contributed by atoms with Crippen molar-refractivity contribution in [3.05, 3.63) is 69.7 Å². The van der Waals surface area contributed by atoms with Gasteiger partial charge in [0.2, 0.25) is 0 Å². The van der Waals surface area contributed by atoms with E-state index in [1.807, 2.05) is 30.3 Å². The zero-order chi connectivity index (χ0) is 16.1. The minimum atomic E-state index is -0.159. The van der Waals surface area contributed by atoms with Crippen LogP contribution in [0.2, 0.25) is 10.0 Å². The summed E-state index contributed by atoms with van der Waals surface area (Å²) in [5, 5.41) is 3.88. The molecule has 0 spiro atoms. The Bertz CT molecular complexity index is 644. The summed E-state index contributed by atoms with van der Waals surface area (Å²) >= 11 is 11.9. The molecule has 2 aromatic rings. The number of halogens is 2. The number of benzene rings is 2. The molecular formula is C17H19Cl2N2O+. The fourth-order valence-corrected chi connectivity index (χ4v) is 2.52. The Morgan fingerprint density at radius 1 is 1.09 bits per heavy atom. The Morgan fingerprint density at radius 2 is 1.77 bits per heavy atom. The molecule has 0 aliphatic carbocycles. The molecule has 0 unspecified atom stereocenters. The Labute approximate surface area is 140 Å². The van der Waals surface area contributed by atoms with Gasteiger partial charge in [0.25, 0.3) is 5.91 Å². The van der Waals surface area contributed by atoms with Gasteiger partial charge in [-0.2, -0.15) is 0 Å². The highest BCUT2D eigenvalue weighted by Gasteiger charge is 2.18. The highest BCUT2D eigenvalue weighted by Crippen LogP contribution is 2.23. The molecule has 0 heterocycles. The number of amides is 1. The van der Waals surface area contributed by atoms with Crippen LogP contribution in [-0.2, 0) is 0 Å². The number of rotatable bonds is 5. The van der Waals surface area contributed by atoms with Gasteiger partial charge in [-0.3, -0.25) is 4.79 Å². The van der Waals surface area contributed by atoms with Crippen molar-refractivity contribution in [1.82, 2.24) is 5.32 Å². The number of carbonyl (C=O) groups is 1. The highest BCUT2D eigenvalue weighted by molar-refractivity contribution is 6.42. The van der Waals surface area contributed by atoms with Gasteiger partial charge in [0.15, 0.2) is 0 Å². The van der Waals surface area contributed by atoms with Gasteiger partial charge in [0, 0.05) is 5.56 Å². The van der Waals surface area contributed by atoms with Crippen molar-refractivity contribution < 1.29 is 9.69 Å². The first kappa shape index (κ1) is 16.8. The van der Waals surface area contributed by atoms with E-state index < -0.39 is 0 Å². The largest absolute Gasteiger partial charge is 0.340 e. The summed E-state index contributed by atoms with van der Waals surface area (Å²) in [7, 11) is 4.11. The number of quaternary nitrogens is 1. The molecule has 2 aromatic carbocycles. The molecule has 0 radical (unpaired) electrons. The van der Waals surface area contributed by atoms with Crippen molar-refractivity contribution in [2.75, 3.05) is 20.6 Å². The number of carbonyl (C=O) groups excluding carboxylic acids is 1. The van der Waals surface area contributed by atoms with E-state index in [-0.39, 0.29) is 11.9 Å². The average Bonchev–Trinajstić information content (AvgIpc) is 2.49. The third-order valence-corrected chi connectivity index (χ3v) is 4.04. The fourth-order valence-electron chi connectivity index (χ4n) is 2.22. The molecular weight excluding hydrogens is 319 g/mol. The van der Waals surface area contributed by atoms with Crippen LogP contribution in [0.4, 0.5) is 0 Å². The normalized spacial score (nSPS) is 12.2. The van der Waals surface area contributed by atoms with Gasteiger partial charge in [0.05, 0.1) is 24.1 Å². The van der Waals surface area contributed by atoms with Gasteiger partial charge in [-0.15, -0.1) is 0 Å². The van der Waals surface area contributed by atoms with Crippen molar-refractivity contribution >= 4 is 29.1 Å². The molecule has 0 fully saturated rings.